The van der Waals surface area contributed by atoms with Crippen LogP contribution in [-0.2, 0) is 4.79 Å². The van der Waals surface area contributed by atoms with E-state index in [0.717, 1.165) is 42.3 Å². The topological polar surface area (TPSA) is 117 Å². The molecule has 1 aliphatic carbocycles. The van der Waals surface area contributed by atoms with Crippen LogP contribution in [0, 0.1) is 23.7 Å². The van der Waals surface area contributed by atoms with E-state index in [0.29, 0.717) is 11.5 Å². The molecule has 34 heavy (non-hydrogen) atoms. The van der Waals surface area contributed by atoms with E-state index in [-0.39, 0.29) is 23.9 Å². The summed E-state index contributed by atoms with van der Waals surface area (Å²) in [4.78, 5) is 35.7. The molecule has 3 aromatic rings. The second kappa shape index (κ2) is 9.21. The summed E-state index contributed by atoms with van der Waals surface area (Å²) in [7, 11) is 1.76. The van der Waals surface area contributed by atoms with Crippen LogP contribution in [0.1, 0.15) is 55.6 Å². The minimum atomic E-state index is -1.03. The number of hydrogen-bond donors (Lipinski definition) is 1. The summed E-state index contributed by atoms with van der Waals surface area (Å²) in [5.74, 6) is 0.0285. The van der Waals surface area contributed by atoms with Gasteiger partial charge in [0.25, 0.3) is 11.9 Å². The minimum absolute atomic E-state index is 0.0219. The van der Waals surface area contributed by atoms with E-state index >= 15 is 0 Å². The summed E-state index contributed by atoms with van der Waals surface area (Å²) in [5.41, 5.74) is 1.16. The van der Waals surface area contributed by atoms with Crippen LogP contribution in [-0.4, -0.2) is 55.6 Å². The summed E-state index contributed by atoms with van der Waals surface area (Å²) in [5, 5.41) is 17.9. The third-order valence-electron chi connectivity index (χ3n) is 6.58. The summed E-state index contributed by atoms with van der Waals surface area (Å²) in [6.45, 7) is 5.22. The molecule has 9 heteroatoms. The monoisotopic (exact) mass is 459 g/mol. The number of para-hydroxylation sites is 1. The van der Waals surface area contributed by atoms with Crippen molar-refractivity contribution in [3.05, 3.63) is 47.9 Å². The molecule has 1 fully saturated rings. The molecule has 0 atom stereocenters. The molecule has 1 aliphatic rings. The Morgan fingerprint density at radius 2 is 1.79 bits per heavy atom. The maximum atomic E-state index is 12.8. The minimum Gasteiger partial charge on any atom is -0.349 e. The van der Waals surface area contributed by atoms with Crippen molar-refractivity contribution in [2.75, 3.05) is 7.05 Å². The highest BCUT2D eigenvalue weighted by molar-refractivity contribution is 5.93. The Balaban J connectivity index is 1.36. The van der Waals surface area contributed by atoms with Crippen molar-refractivity contribution in [1.29, 1.82) is 5.26 Å². The fourth-order valence-electron chi connectivity index (χ4n) is 4.45. The zero-order chi connectivity index (χ0) is 24.5. The van der Waals surface area contributed by atoms with Gasteiger partial charge in [-0.15, -0.1) is 0 Å². The Bertz CT molecular complexity index is 1250. The van der Waals surface area contributed by atoms with E-state index in [1.165, 1.54) is 12.4 Å². The normalized spacial score (nSPS) is 18.3. The third kappa shape index (κ3) is 4.49. The summed E-state index contributed by atoms with van der Waals surface area (Å²) < 4.78 is 1.68. The number of nitriles is 1. The first-order valence-corrected chi connectivity index (χ1v) is 11.5. The van der Waals surface area contributed by atoms with E-state index in [9.17, 15) is 14.9 Å². The molecule has 9 nitrogen and oxygen atoms in total. The summed E-state index contributed by atoms with van der Waals surface area (Å²) >= 11 is 0. The van der Waals surface area contributed by atoms with Crippen LogP contribution in [0.3, 0.4) is 0 Å². The van der Waals surface area contributed by atoms with Gasteiger partial charge in [0.2, 0.25) is 5.91 Å². The lowest BCUT2D eigenvalue weighted by molar-refractivity contribution is -0.139. The van der Waals surface area contributed by atoms with Gasteiger partial charge in [-0.25, -0.2) is 9.97 Å². The number of rotatable bonds is 5. The highest BCUT2D eigenvalue weighted by atomic mass is 16.2. The van der Waals surface area contributed by atoms with Crippen LogP contribution >= 0.6 is 0 Å². The van der Waals surface area contributed by atoms with Crippen LogP contribution in [0.15, 0.2) is 36.7 Å². The fourth-order valence-corrected chi connectivity index (χ4v) is 4.45. The van der Waals surface area contributed by atoms with Crippen LogP contribution in [0.2, 0.25) is 0 Å². The second-order valence-electron chi connectivity index (χ2n) is 9.42. The first-order valence-electron chi connectivity index (χ1n) is 11.5. The fraction of sp³-hybridized carbons (Fsp3) is 0.440. The number of aryl methyl sites for hydroxylation is 1. The van der Waals surface area contributed by atoms with Crippen LogP contribution in [0.25, 0.3) is 16.9 Å². The van der Waals surface area contributed by atoms with Crippen LogP contribution in [0.5, 0.6) is 0 Å². The van der Waals surface area contributed by atoms with Crippen molar-refractivity contribution in [1.82, 2.24) is 30.0 Å². The standard InChI is InChI=1S/C25H29N7O2/c1-16-20-7-5-6-8-21(20)32(30-16)24-27-13-17(14-28-24)22(33)29-18-9-11-19(12-10-18)31(4)23(34)25(2,3)15-26/h5-8,13-14,18-19H,9-12H2,1-4H3,(H,29,33). The molecular formula is C25H29N7O2. The van der Waals surface area contributed by atoms with Gasteiger partial charge in [0.1, 0.15) is 5.41 Å². The molecule has 176 valence electrons. The van der Waals surface area contributed by atoms with Gasteiger partial charge < -0.3 is 10.2 Å². The molecule has 0 bridgehead atoms. The van der Waals surface area contributed by atoms with E-state index in [4.69, 9.17) is 0 Å². The van der Waals surface area contributed by atoms with Crippen molar-refractivity contribution in [2.24, 2.45) is 5.41 Å². The number of benzene rings is 1. The molecule has 1 N–H and O–H groups in total. The first-order chi connectivity index (χ1) is 16.2. The number of carbonyl (C=O) groups excluding carboxylic acids is 2. The van der Waals surface area contributed by atoms with Gasteiger partial charge in [-0.05, 0) is 52.5 Å². The van der Waals surface area contributed by atoms with Crippen molar-refractivity contribution in [3.63, 3.8) is 0 Å². The number of aromatic nitrogens is 4. The van der Waals surface area contributed by atoms with Crippen LogP contribution in [0.4, 0.5) is 0 Å². The average molecular weight is 460 g/mol. The Morgan fingerprint density at radius 3 is 2.44 bits per heavy atom. The lowest BCUT2D eigenvalue weighted by atomic mass is 9.87. The molecule has 1 saturated carbocycles. The van der Waals surface area contributed by atoms with Crippen molar-refractivity contribution < 1.29 is 9.59 Å². The van der Waals surface area contributed by atoms with Gasteiger partial charge in [-0.1, -0.05) is 18.2 Å². The molecule has 0 aliphatic heterocycles. The van der Waals surface area contributed by atoms with Crippen molar-refractivity contribution in [2.45, 2.75) is 58.5 Å². The van der Waals surface area contributed by atoms with E-state index in [1.54, 1.807) is 30.5 Å². The van der Waals surface area contributed by atoms with E-state index in [1.807, 2.05) is 31.2 Å². The molecule has 0 unspecified atom stereocenters. The number of hydrogen-bond acceptors (Lipinski definition) is 6. The molecule has 2 amide bonds. The molecule has 1 aromatic carbocycles. The number of amides is 2. The molecular weight excluding hydrogens is 430 g/mol. The average Bonchev–Trinajstić information content (AvgIpc) is 3.20. The smallest absolute Gasteiger partial charge is 0.254 e. The SMILES string of the molecule is Cc1nn(-c2ncc(C(=O)NC3CCC(N(C)C(=O)C(C)(C)C#N)CC3)cn2)c2ccccc12. The first kappa shape index (κ1) is 23.4. The Kier molecular flexibility index (Phi) is 6.33. The van der Waals surface area contributed by atoms with Gasteiger partial charge in [-0.3, -0.25) is 9.59 Å². The Morgan fingerprint density at radius 1 is 1.15 bits per heavy atom. The maximum absolute atomic E-state index is 12.8. The largest absolute Gasteiger partial charge is 0.349 e. The molecule has 2 heterocycles. The Hall–Kier alpha value is -3.80. The zero-order valence-corrected chi connectivity index (χ0v) is 19.9. The highest BCUT2D eigenvalue weighted by Gasteiger charge is 2.35. The number of nitrogens with zero attached hydrogens (tertiary/aromatic N) is 6. The van der Waals surface area contributed by atoms with Gasteiger partial charge >= 0.3 is 0 Å². The molecule has 0 spiro atoms. The second-order valence-corrected chi connectivity index (χ2v) is 9.42. The van der Waals surface area contributed by atoms with Crippen LogP contribution < -0.4 is 5.32 Å². The Labute approximate surface area is 198 Å². The highest BCUT2D eigenvalue weighted by Crippen LogP contribution is 2.26. The lowest BCUT2D eigenvalue weighted by Crippen LogP contribution is -2.47. The van der Waals surface area contributed by atoms with Gasteiger partial charge in [0.15, 0.2) is 0 Å². The summed E-state index contributed by atoms with van der Waals surface area (Å²) in [6.07, 6.45) is 6.11. The number of nitrogens with one attached hydrogen (secondary N) is 1. The van der Waals surface area contributed by atoms with Gasteiger partial charge in [0.05, 0.1) is 22.8 Å². The predicted octanol–water partition coefficient (Wildman–Crippen LogP) is 3.17. The maximum Gasteiger partial charge on any atom is 0.254 e. The van der Waals surface area contributed by atoms with Crippen molar-refractivity contribution >= 4 is 22.7 Å². The van der Waals surface area contributed by atoms with Gasteiger partial charge in [0, 0.05) is 36.9 Å². The molecule has 2 aromatic heterocycles. The van der Waals surface area contributed by atoms with E-state index < -0.39 is 5.41 Å². The molecule has 0 radical (unpaired) electrons. The summed E-state index contributed by atoms with van der Waals surface area (Å²) in [6, 6.07) is 10.0. The molecule has 4 rings (SSSR count). The number of carbonyl (C=O) groups is 2. The predicted molar refractivity (Wildman–Crippen MR) is 127 cm³/mol. The quantitative estimate of drug-likeness (QED) is 0.626. The zero-order valence-electron chi connectivity index (χ0n) is 19.9. The number of fused-ring (bicyclic) bond motifs is 1. The van der Waals surface area contributed by atoms with Gasteiger partial charge in [-0.2, -0.15) is 15.0 Å². The van der Waals surface area contributed by atoms with E-state index in [2.05, 4.69) is 26.5 Å². The third-order valence-corrected chi connectivity index (χ3v) is 6.58. The lowest BCUT2D eigenvalue weighted by Gasteiger charge is -2.37. The molecule has 0 saturated heterocycles. The van der Waals surface area contributed by atoms with Crippen molar-refractivity contribution in [3.8, 4) is 12.0 Å².